The molecule has 1 N–H and O–H groups in total. The number of benzene rings is 1. The van der Waals surface area contributed by atoms with Crippen molar-refractivity contribution in [1.29, 1.82) is 0 Å². The predicted octanol–water partition coefficient (Wildman–Crippen LogP) is 5.33. The number of likely N-dealkylation sites (tertiary alicyclic amines) is 1. The summed E-state index contributed by atoms with van der Waals surface area (Å²) in [5.74, 6) is 0.854. The Bertz CT molecular complexity index is 1500. The van der Waals surface area contributed by atoms with Gasteiger partial charge < -0.3 is 19.3 Å². The van der Waals surface area contributed by atoms with Gasteiger partial charge in [-0.15, -0.1) is 0 Å². The van der Waals surface area contributed by atoms with E-state index < -0.39 is 0 Å². The Labute approximate surface area is 239 Å². The number of carbonyl (C=O) groups is 2. The molecule has 1 aliphatic carbocycles. The molecule has 2 aliphatic rings. The number of Topliss-reactive ketones (excluding diaryl/α,β-unsaturated/α-hetero) is 1. The van der Waals surface area contributed by atoms with Crippen LogP contribution in [0.5, 0.6) is 0 Å². The average molecular weight is 559 g/mol. The van der Waals surface area contributed by atoms with E-state index in [2.05, 4.69) is 32.6 Å². The first-order chi connectivity index (χ1) is 19.9. The third-order valence-electron chi connectivity index (χ3n) is 9.03. The molecular formula is C31H38N6O4. The molecular weight excluding hydrogens is 520 g/mol. The van der Waals surface area contributed by atoms with Crippen LogP contribution in [0.4, 0.5) is 0 Å². The van der Waals surface area contributed by atoms with Crippen LogP contribution in [-0.4, -0.2) is 56.3 Å². The fraction of sp³-hybridized carbons (Fsp3) is 0.516. The molecule has 1 saturated carbocycles. The van der Waals surface area contributed by atoms with Crippen molar-refractivity contribution in [3.05, 3.63) is 54.2 Å². The fourth-order valence-corrected chi connectivity index (χ4v) is 6.34. The maximum atomic E-state index is 13.5. The number of carbonyl (C=O) groups excluding carboxylic acids is 2. The van der Waals surface area contributed by atoms with Gasteiger partial charge in [0.05, 0.1) is 11.6 Å². The summed E-state index contributed by atoms with van der Waals surface area (Å²) in [5.41, 5.74) is 3.11. The minimum atomic E-state index is -0.248. The van der Waals surface area contributed by atoms with Crippen molar-refractivity contribution in [1.82, 2.24) is 30.3 Å². The summed E-state index contributed by atoms with van der Waals surface area (Å²) in [6, 6.07) is 9.29. The minimum absolute atomic E-state index is 0.0107. The number of hydrogen-bond acceptors (Lipinski definition) is 8. The Balaban J connectivity index is 1.11. The van der Waals surface area contributed by atoms with Gasteiger partial charge in [-0.1, -0.05) is 30.1 Å². The second-order valence-corrected chi connectivity index (χ2v) is 11.7. The molecule has 0 bridgehead atoms. The summed E-state index contributed by atoms with van der Waals surface area (Å²) in [7, 11) is 1.90. The number of unbranched alkanes of at least 4 members (excludes halogenated alkanes) is 2. The Morgan fingerprint density at radius 2 is 1.98 bits per heavy atom. The molecule has 10 heteroatoms. The maximum absolute atomic E-state index is 13.5. The largest absolute Gasteiger partial charge is 0.364 e. The molecule has 1 spiro atoms. The lowest BCUT2D eigenvalue weighted by atomic mass is 9.90. The SMILES string of the molecule is CCN1CCC2(CC1)C[C@@H]2C(=O)NC(CCCCCC(=O)c1ccon1)c1cc(-c2ccc3nn(C)cc3c2)on1. The molecule has 2 atom stereocenters. The number of piperidine rings is 1. The van der Waals surface area contributed by atoms with Crippen LogP contribution in [0.2, 0.25) is 0 Å². The molecule has 3 aromatic heterocycles. The zero-order valence-corrected chi connectivity index (χ0v) is 23.8. The highest BCUT2D eigenvalue weighted by Gasteiger charge is 2.58. The summed E-state index contributed by atoms with van der Waals surface area (Å²) < 4.78 is 12.4. The summed E-state index contributed by atoms with van der Waals surface area (Å²) in [4.78, 5) is 28.2. The first kappa shape index (κ1) is 27.4. The number of aromatic nitrogens is 4. The standard InChI is InChI=1S/C31H38N6O4/c1-3-37-14-12-31(13-15-37)19-23(31)30(39)32-25(7-5-4-6-8-28(38)26-11-16-40-34-26)27-18-29(41-35-27)21-9-10-24-22(17-21)20-36(2)33-24/h9-11,16-18,20,23,25H,3-8,12-15,19H2,1-2H3,(H,32,39)/t23-,25?/m1/s1. The van der Waals surface area contributed by atoms with Crippen LogP contribution in [0.15, 0.2) is 51.8 Å². The minimum Gasteiger partial charge on any atom is -0.364 e. The van der Waals surface area contributed by atoms with Gasteiger partial charge in [0.15, 0.2) is 11.5 Å². The monoisotopic (exact) mass is 558 g/mol. The first-order valence-corrected chi connectivity index (χ1v) is 14.8. The van der Waals surface area contributed by atoms with E-state index in [1.807, 2.05) is 37.5 Å². The summed E-state index contributed by atoms with van der Waals surface area (Å²) in [6.07, 6.45) is 10.2. The van der Waals surface area contributed by atoms with Gasteiger partial charge in [0.2, 0.25) is 5.91 Å². The molecule has 1 amide bonds. The van der Waals surface area contributed by atoms with Crippen LogP contribution in [0.25, 0.3) is 22.2 Å². The molecule has 216 valence electrons. The van der Waals surface area contributed by atoms with E-state index in [9.17, 15) is 9.59 Å². The van der Waals surface area contributed by atoms with Crippen molar-refractivity contribution >= 4 is 22.6 Å². The molecule has 10 nitrogen and oxygen atoms in total. The van der Waals surface area contributed by atoms with Crippen molar-refractivity contribution in [2.75, 3.05) is 19.6 Å². The number of amides is 1. The highest BCUT2D eigenvalue weighted by atomic mass is 16.5. The highest BCUT2D eigenvalue weighted by molar-refractivity contribution is 5.93. The van der Waals surface area contributed by atoms with Crippen molar-refractivity contribution in [3.63, 3.8) is 0 Å². The molecule has 4 aromatic rings. The lowest BCUT2D eigenvalue weighted by molar-refractivity contribution is -0.124. The molecule has 41 heavy (non-hydrogen) atoms. The first-order valence-electron chi connectivity index (χ1n) is 14.8. The van der Waals surface area contributed by atoms with E-state index in [-0.39, 0.29) is 29.1 Å². The summed E-state index contributed by atoms with van der Waals surface area (Å²) in [6.45, 7) is 5.42. The molecule has 2 fully saturated rings. The summed E-state index contributed by atoms with van der Waals surface area (Å²) >= 11 is 0. The van der Waals surface area contributed by atoms with Gasteiger partial charge in [-0.3, -0.25) is 14.3 Å². The van der Waals surface area contributed by atoms with Gasteiger partial charge in [-0.25, -0.2) is 0 Å². The van der Waals surface area contributed by atoms with E-state index >= 15 is 0 Å². The van der Waals surface area contributed by atoms with Crippen molar-refractivity contribution in [2.45, 2.75) is 64.3 Å². The number of ketones is 1. The van der Waals surface area contributed by atoms with Crippen LogP contribution in [0.3, 0.4) is 0 Å². The second kappa shape index (κ2) is 11.6. The van der Waals surface area contributed by atoms with Crippen LogP contribution in [0.1, 0.15) is 80.5 Å². The Morgan fingerprint density at radius 3 is 2.76 bits per heavy atom. The smallest absolute Gasteiger partial charge is 0.224 e. The Morgan fingerprint density at radius 1 is 1.12 bits per heavy atom. The average Bonchev–Trinajstić information content (AvgIpc) is 3.45. The number of aryl methyl sites for hydroxylation is 1. The van der Waals surface area contributed by atoms with Crippen molar-refractivity contribution < 1.29 is 18.6 Å². The van der Waals surface area contributed by atoms with E-state index in [0.29, 0.717) is 17.9 Å². The van der Waals surface area contributed by atoms with Gasteiger partial charge in [0.25, 0.3) is 0 Å². The van der Waals surface area contributed by atoms with Crippen LogP contribution >= 0.6 is 0 Å². The van der Waals surface area contributed by atoms with E-state index in [0.717, 1.165) is 86.7 Å². The molecule has 1 aliphatic heterocycles. The van der Waals surface area contributed by atoms with Crippen LogP contribution < -0.4 is 5.32 Å². The van der Waals surface area contributed by atoms with Crippen LogP contribution in [-0.2, 0) is 11.8 Å². The highest BCUT2D eigenvalue weighted by Crippen LogP contribution is 2.59. The van der Waals surface area contributed by atoms with E-state index in [1.54, 1.807) is 10.7 Å². The van der Waals surface area contributed by atoms with Gasteiger partial charge in [0.1, 0.15) is 17.7 Å². The fourth-order valence-electron chi connectivity index (χ4n) is 6.34. The van der Waals surface area contributed by atoms with Crippen molar-refractivity contribution in [3.8, 4) is 11.3 Å². The lowest BCUT2D eigenvalue weighted by Gasteiger charge is -2.32. The number of hydrogen-bond donors (Lipinski definition) is 1. The predicted molar refractivity (Wildman–Crippen MR) is 153 cm³/mol. The molecule has 1 unspecified atom stereocenters. The number of fused-ring (bicyclic) bond motifs is 1. The number of nitrogens with one attached hydrogen (secondary N) is 1. The Hall–Kier alpha value is -3.79. The maximum Gasteiger partial charge on any atom is 0.224 e. The third kappa shape index (κ3) is 5.98. The van der Waals surface area contributed by atoms with E-state index in [4.69, 9.17) is 9.05 Å². The molecule has 1 aromatic carbocycles. The normalized spacial score (nSPS) is 19.0. The summed E-state index contributed by atoms with van der Waals surface area (Å²) in [5, 5.41) is 16.9. The quantitative estimate of drug-likeness (QED) is 0.183. The van der Waals surface area contributed by atoms with Gasteiger partial charge >= 0.3 is 0 Å². The van der Waals surface area contributed by atoms with Gasteiger partial charge in [-0.2, -0.15) is 5.10 Å². The molecule has 4 heterocycles. The number of nitrogens with zero attached hydrogens (tertiary/aromatic N) is 5. The third-order valence-corrected chi connectivity index (χ3v) is 9.03. The van der Waals surface area contributed by atoms with Gasteiger partial charge in [-0.05, 0) is 75.4 Å². The molecule has 0 radical (unpaired) electrons. The van der Waals surface area contributed by atoms with Crippen LogP contribution in [0, 0.1) is 11.3 Å². The number of rotatable bonds is 12. The lowest BCUT2D eigenvalue weighted by Crippen LogP contribution is -2.37. The van der Waals surface area contributed by atoms with E-state index in [1.165, 1.54) is 6.26 Å². The zero-order valence-electron chi connectivity index (χ0n) is 23.8. The topological polar surface area (TPSA) is 119 Å². The van der Waals surface area contributed by atoms with Crippen molar-refractivity contribution in [2.24, 2.45) is 18.4 Å². The molecule has 6 rings (SSSR count). The second-order valence-electron chi connectivity index (χ2n) is 11.7. The zero-order chi connectivity index (χ0) is 28.4. The Kier molecular flexibility index (Phi) is 7.75. The van der Waals surface area contributed by atoms with Gasteiger partial charge in [0, 0.05) is 48.7 Å². The molecule has 1 saturated heterocycles.